The number of ether oxygens (including phenoxy) is 1. The van der Waals surface area contributed by atoms with E-state index in [2.05, 4.69) is 6.92 Å². The van der Waals surface area contributed by atoms with Crippen LogP contribution in [-0.4, -0.2) is 0 Å². The third kappa shape index (κ3) is 7.11. The van der Waals surface area contributed by atoms with Crippen LogP contribution in [0.5, 0.6) is 5.75 Å². The monoisotopic (exact) mass is 614 g/mol. The van der Waals surface area contributed by atoms with Crippen LogP contribution in [0.3, 0.4) is 0 Å². The molecule has 232 valence electrons. The summed E-state index contributed by atoms with van der Waals surface area (Å²) in [5, 5.41) is 0. The molecular weight excluding hydrogens is 581 g/mol. The topological polar surface area (TPSA) is 9.23 Å². The van der Waals surface area contributed by atoms with E-state index < -0.39 is 40.9 Å². The standard InChI is InChI=1S/C36H33F7O/c1-2-3-4-5-22-6-8-23(9-7-22)24-10-13-27(14-11-24)36(42,43)44-28-15-17-29(32(38)21-28)25-12-16-30(31(37)18-25)26-19-33(39)35(41)34(40)20-26/h10-23H,2-9H2,1H3. The van der Waals surface area contributed by atoms with E-state index in [4.69, 9.17) is 4.74 Å². The largest absolute Gasteiger partial charge is 0.429 e. The highest BCUT2D eigenvalue weighted by Gasteiger charge is 2.35. The van der Waals surface area contributed by atoms with Crippen molar-refractivity contribution in [1.82, 2.24) is 0 Å². The number of rotatable bonds is 10. The van der Waals surface area contributed by atoms with Gasteiger partial charge in [0.2, 0.25) is 0 Å². The van der Waals surface area contributed by atoms with Crippen LogP contribution in [0.4, 0.5) is 30.7 Å². The van der Waals surface area contributed by atoms with Gasteiger partial charge in [0.25, 0.3) is 0 Å². The molecule has 0 unspecified atom stereocenters. The first-order valence-electron chi connectivity index (χ1n) is 15.0. The summed E-state index contributed by atoms with van der Waals surface area (Å²) in [6, 6.07) is 13.9. The predicted molar refractivity (Wildman–Crippen MR) is 157 cm³/mol. The van der Waals surface area contributed by atoms with Gasteiger partial charge in [-0.05, 0) is 96.7 Å². The molecule has 4 aromatic carbocycles. The Kier molecular flexibility index (Phi) is 9.66. The molecule has 0 saturated heterocycles. The molecule has 0 bridgehead atoms. The first-order chi connectivity index (χ1) is 21.1. The van der Waals surface area contributed by atoms with Crippen molar-refractivity contribution in [2.45, 2.75) is 70.3 Å². The van der Waals surface area contributed by atoms with Gasteiger partial charge >= 0.3 is 6.11 Å². The molecule has 0 amide bonds. The number of benzene rings is 4. The lowest BCUT2D eigenvalue weighted by Gasteiger charge is -2.29. The van der Waals surface area contributed by atoms with Crippen LogP contribution in [0.25, 0.3) is 22.3 Å². The summed E-state index contributed by atoms with van der Waals surface area (Å²) in [5.74, 6) is -5.84. The highest BCUT2D eigenvalue weighted by atomic mass is 19.3. The lowest BCUT2D eigenvalue weighted by Crippen LogP contribution is -2.22. The highest BCUT2D eigenvalue weighted by molar-refractivity contribution is 5.72. The van der Waals surface area contributed by atoms with Gasteiger partial charge in [0.1, 0.15) is 17.4 Å². The second-order valence-electron chi connectivity index (χ2n) is 11.5. The average molecular weight is 615 g/mol. The second kappa shape index (κ2) is 13.4. The molecule has 0 heterocycles. The van der Waals surface area contributed by atoms with Gasteiger partial charge in [-0.1, -0.05) is 56.9 Å². The summed E-state index contributed by atoms with van der Waals surface area (Å²) in [6.07, 6.45) is 5.67. The third-order valence-corrected chi connectivity index (χ3v) is 8.54. The Morgan fingerprint density at radius 2 is 1.25 bits per heavy atom. The zero-order valence-electron chi connectivity index (χ0n) is 24.3. The quantitative estimate of drug-likeness (QED) is 0.0981. The van der Waals surface area contributed by atoms with Gasteiger partial charge in [-0.3, -0.25) is 0 Å². The molecule has 8 heteroatoms. The van der Waals surface area contributed by atoms with Gasteiger partial charge in [-0.25, -0.2) is 22.0 Å². The Morgan fingerprint density at radius 3 is 1.86 bits per heavy atom. The van der Waals surface area contributed by atoms with E-state index in [0.29, 0.717) is 18.1 Å². The molecule has 0 aromatic heterocycles. The van der Waals surface area contributed by atoms with Crippen LogP contribution < -0.4 is 4.74 Å². The molecular formula is C36H33F7O. The van der Waals surface area contributed by atoms with Gasteiger partial charge in [0.05, 0.1) is 5.56 Å². The van der Waals surface area contributed by atoms with Crippen molar-refractivity contribution in [1.29, 1.82) is 0 Å². The van der Waals surface area contributed by atoms with Crippen molar-refractivity contribution in [3.63, 3.8) is 0 Å². The maximum Gasteiger partial charge on any atom is 0.426 e. The minimum atomic E-state index is -3.73. The maximum atomic E-state index is 15.0. The average Bonchev–Trinajstić information content (AvgIpc) is 3.00. The van der Waals surface area contributed by atoms with Gasteiger partial charge in [-0.2, -0.15) is 8.78 Å². The summed E-state index contributed by atoms with van der Waals surface area (Å²) >= 11 is 0. The maximum absolute atomic E-state index is 15.0. The van der Waals surface area contributed by atoms with Crippen LogP contribution >= 0.6 is 0 Å². The highest BCUT2D eigenvalue weighted by Crippen LogP contribution is 2.40. The lowest BCUT2D eigenvalue weighted by molar-refractivity contribution is -0.185. The molecule has 1 saturated carbocycles. The Morgan fingerprint density at radius 1 is 0.659 bits per heavy atom. The van der Waals surface area contributed by atoms with Crippen LogP contribution in [0, 0.1) is 35.0 Å². The molecule has 1 fully saturated rings. The molecule has 5 rings (SSSR count). The van der Waals surface area contributed by atoms with Gasteiger partial charge in [-0.15, -0.1) is 0 Å². The van der Waals surface area contributed by atoms with Gasteiger partial charge in [0.15, 0.2) is 17.5 Å². The molecule has 0 atom stereocenters. The Balaban J connectivity index is 1.24. The fourth-order valence-corrected chi connectivity index (χ4v) is 6.04. The molecule has 4 aromatic rings. The molecule has 1 aliphatic rings. The summed E-state index contributed by atoms with van der Waals surface area (Å²) < 4.78 is 105. The molecule has 0 radical (unpaired) electrons. The summed E-state index contributed by atoms with van der Waals surface area (Å²) in [5.41, 5.74) is 0.149. The van der Waals surface area contributed by atoms with Crippen molar-refractivity contribution >= 4 is 0 Å². The zero-order valence-corrected chi connectivity index (χ0v) is 24.3. The fourth-order valence-electron chi connectivity index (χ4n) is 6.04. The van der Waals surface area contributed by atoms with Crippen LogP contribution in [0.2, 0.25) is 0 Å². The Bertz CT molecular complexity index is 1570. The van der Waals surface area contributed by atoms with Gasteiger partial charge < -0.3 is 4.74 Å². The van der Waals surface area contributed by atoms with Crippen molar-refractivity contribution in [2.24, 2.45) is 5.92 Å². The predicted octanol–water partition coefficient (Wildman–Crippen LogP) is 11.7. The normalized spacial score (nSPS) is 17.1. The number of unbranched alkanes of at least 4 members (excludes halogenated alkanes) is 2. The van der Waals surface area contributed by atoms with Crippen molar-refractivity contribution in [3.05, 3.63) is 113 Å². The molecule has 1 aliphatic carbocycles. The third-order valence-electron chi connectivity index (χ3n) is 8.54. The molecule has 0 N–H and O–H groups in total. The number of hydrogen-bond donors (Lipinski definition) is 0. The molecule has 0 aliphatic heterocycles. The first kappa shape index (κ1) is 31.6. The summed E-state index contributed by atoms with van der Waals surface area (Å²) in [4.78, 5) is 0. The van der Waals surface area contributed by atoms with Crippen molar-refractivity contribution < 1.29 is 35.5 Å². The summed E-state index contributed by atoms with van der Waals surface area (Å²) in [7, 11) is 0. The van der Waals surface area contributed by atoms with Crippen molar-refractivity contribution in [2.75, 3.05) is 0 Å². The van der Waals surface area contributed by atoms with E-state index in [9.17, 15) is 17.6 Å². The Hall–Kier alpha value is -3.81. The van der Waals surface area contributed by atoms with E-state index in [0.717, 1.165) is 61.4 Å². The fraction of sp³-hybridized carbons (Fsp3) is 0.333. The van der Waals surface area contributed by atoms with E-state index >= 15 is 13.2 Å². The van der Waals surface area contributed by atoms with E-state index in [1.807, 2.05) is 0 Å². The number of alkyl halides is 2. The Labute approximate surface area is 252 Å². The summed E-state index contributed by atoms with van der Waals surface area (Å²) in [6.45, 7) is 2.20. The first-order valence-corrected chi connectivity index (χ1v) is 15.0. The minimum absolute atomic E-state index is 0.0516. The zero-order chi connectivity index (χ0) is 31.4. The minimum Gasteiger partial charge on any atom is -0.429 e. The van der Waals surface area contributed by atoms with E-state index in [1.165, 1.54) is 49.9 Å². The van der Waals surface area contributed by atoms with Crippen LogP contribution in [0.1, 0.15) is 75.3 Å². The molecule has 44 heavy (non-hydrogen) atoms. The smallest absolute Gasteiger partial charge is 0.426 e. The molecule has 1 nitrogen and oxygen atoms in total. The SMILES string of the molecule is CCCCCC1CCC(c2ccc(C(F)(F)Oc3ccc(-c4ccc(-c5cc(F)c(F)c(F)c5)c(F)c4)c(F)c3)cc2)CC1. The molecule has 0 spiro atoms. The van der Waals surface area contributed by atoms with Gasteiger partial charge in [0, 0.05) is 17.2 Å². The number of hydrogen-bond acceptors (Lipinski definition) is 1. The van der Waals surface area contributed by atoms with Crippen molar-refractivity contribution in [3.8, 4) is 28.0 Å². The van der Waals surface area contributed by atoms with Crippen LogP contribution in [0.15, 0.2) is 72.8 Å². The van der Waals surface area contributed by atoms with E-state index in [1.54, 1.807) is 12.1 Å². The number of halogens is 7. The van der Waals surface area contributed by atoms with Crippen LogP contribution in [-0.2, 0) is 6.11 Å². The second-order valence-corrected chi connectivity index (χ2v) is 11.5. The lowest BCUT2D eigenvalue weighted by atomic mass is 9.77. The van der Waals surface area contributed by atoms with E-state index in [-0.39, 0.29) is 27.8 Å².